The standard InChI is InChI=1S/C13H18O3/c1-9-10(2)13-12(15-6-7-16-13)8-11(9)4-3-5-14/h8,14H,3-7H2,1-2H3. The van der Waals surface area contributed by atoms with E-state index in [4.69, 9.17) is 14.6 Å². The van der Waals surface area contributed by atoms with E-state index in [2.05, 4.69) is 13.8 Å². The van der Waals surface area contributed by atoms with Crippen LogP contribution in [-0.4, -0.2) is 24.9 Å². The second kappa shape index (κ2) is 4.74. The van der Waals surface area contributed by atoms with Crippen molar-refractivity contribution in [3.63, 3.8) is 0 Å². The third kappa shape index (κ3) is 2.00. The lowest BCUT2D eigenvalue weighted by atomic mass is 9.98. The van der Waals surface area contributed by atoms with Crippen molar-refractivity contribution in [3.8, 4) is 11.5 Å². The van der Waals surface area contributed by atoms with E-state index in [0.29, 0.717) is 13.2 Å². The van der Waals surface area contributed by atoms with Gasteiger partial charge in [-0.05, 0) is 49.4 Å². The van der Waals surface area contributed by atoms with E-state index in [1.54, 1.807) is 0 Å². The van der Waals surface area contributed by atoms with E-state index in [1.165, 1.54) is 11.1 Å². The summed E-state index contributed by atoms with van der Waals surface area (Å²) < 4.78 is 11.2. The van der Waals surface area contributed by atoms with Crippen LogP contribution >= 0.6 is 0 Å². The van der Waals surface area contributed by atoms with Gasteiger partial charge in [0.05, 0.1) is 0 Å². The van der Waals surface area contributed by atoms with E-state index >= 15 is 0 Å². The molecular formula is C13H18O3. The maximum absolute atomic E-state index is 8.87. The van der Waals surface area contributed by atoms with Gasteiger partial charge in [-0.2, -0.15) is 0 Å². The minimum atomic E-state index is 0.229. The molecule has 0 unspecified atom stereocenters. The number of fused-ring (bicyclic) bond motifs is 1. The second-order valence-electron chi connectivity index (χ2n) is 4.14. The summed E-state index contributed by atoms with van der Waals surface area (Å²) in [6.07, 6.45) is 1.68. The van der Waals surface area contributed by atoms with Gasteiger partial charge in [-0.1, -0.05) is 0 Å². The molecule has 1 aliphatic heterocycles. The van der Waals surface area contributed by atoms with Crippen LogP contribution < -0.4 is 9.47 Å². The van der Waals surface area contributed by atoms with Crippen LogP contribution in [-0.2, 0) is 6.42 Å². The van der Waals surface area contributed by atoms with Crippen LogP contribution in [0.15, 0.2) is 6.07 Å². The first-order valence-corrected chi connectivity index (χ1v) is 5.73. The van der Waals surface area contributed by atoms with Crippen molar-refractivity contribution in [2.75, 3.05) is 19.8 Å². The van der Waals surface area contributed by atoms with E-state index in [-0.39, 0.29) is 6.61 Å². The number of hydrogen-bond donors (Lipinski definition) is 1. The Hall–Kier alpha value is -1.22. The molecule has 16 heavy (non-hydrogen) atoms. The molecule has 0 atom stereocenters. The van der Waals surface area contributed by atoms with E-state index in [9.17, 15) is 0 Å². The zero-order valence-corrected chi connectivity index (χ0v) is 9.88. The fraction of sp³-hybridized carbons (Fsp3) is 0.538. The predicted molar refractivity (Wildman–Crippen MR) is 62.3 cm³/mol. The number of ether oxygens (including phenoxy) is 2. The molecule has 0 amide bonds. The summed E-state index contributed by atoms with van der Waals surface area (Å²) in [7, 11) is 0. The van der Waals surface area contributed by atoms with Crippen molar-refractivity contribution in [1.82, 2.24) is 0 Å². The van der Waals surface area contributed by atoms with Crippen LogP contribution in [0.1, 0.15) is 23.1 Å². The Labute approximate surface area is 96.0 Å². The minimum Gasteiger partial charge on any atom is -0.486 e. The summed E-state index contributed by atoms with van der Waals surface area (Å²) in [5.74, 6) is 1.73. The van der Waals surface area contributed by atoms with Crippen LogP contribution in [0.4, 0.5) is 0 Å². The lowest BCUT2D eigenvalue weighted by Gasteiger charge is -2.23. The molecule has 0 bridgehead atoms. The van der Waals surface area contributed by atoms with Crippen LogP contribution in [0.2, 0.25) is 0 Å². The van der Waals surface area contributed by atoms with Crippen molar-refractivity contribution < 1.29 is 14.6 Å². The highest BCUT2D eigenvalue weighted by Crippen LogP contribution is 2.37. The largest absolute Gasteiger partial charge is 0.486 e. The lowest BCUT2D eigenvalue weighted by molar-refractivity contribution is 0.170. The average Bonchev–Trinajstić information content (AvgIpc) is 2.32. The fourth-order valence-corrected chi connectivity index (χ4v) is 2.04. The molecular weight excluding hydrogens is 204 g/mol. The summed E-state index contributed by atoms with van der Waals surface area (Å²) in [6, 6.07) is 2.05. The summed E-state index contributed by atoms with van der Waals surface area (Å²) >= 11 is 0. The third-order valence-electron chi connectivity index (χ3n) is 3.11. The molecule has 3 heteroatoms. The maximum Gasteiger partial charge on any atom is 0.164 e. The zero-order chi connectivity index (χ0) is 11.5. The van der Waals surface area contributed by atoms with Gasteiger partial charge in [-0.3, -0.25) is 0 Å². The summed E-state index contributed by atoms with van der Waals surface area (Å²) in [5.41, 5.74) is 3.65. The number of rotatable bonds is 3. The van der Waals surface area contributed by atoms with Gasteiger partial charge >= 0.3 is 0 Å². The number of aryl methyl sites for hydroxylation is 1. The Morgan fingerprint density at radius 1 is 1.19 bits per heavy atom. The average molecular weight is 222 g/mol. The lowest BCUT2D eigenvalue weighted by Crippen LogP contribution is -2.17. The first-order chi connectivity index (χ1) is 7.74. The Kier molecular flexibility index (Phi) is 3.34. The monoisotopic (exact) mass is 222 g/mol. The van der Waals surface area contributed by atoms with Gasteiger partial charge in [0.15, 0.2) is 11.5 Å². The van der Waals surface area contributed by atoms with Gasteiger partial charge in [-0.25, -0.2) is 0 Å². The van der Waals surface area contributed by atoms with E-state index in [1.807, 2.05) is 6.07 Å². The Morgan fingerprint density at radius 2 is 1.94 bits per heavy atom. The first kappa shape index (κ1) is 11.3. The van der Waals surface area contributed by atoms with Crippen molar-refractivity contribution in [2.24, 2.45) is 0 Å². The maximum atomic E-state index is 8.87. The molecule has 1 aliphatic rings. The zero-order valence-electron chi connectivity index (χ0n) is 9.88. The molecule has 0 spiro atoms. The smallest absolute Gasteiger partial charge is 0.164 e. The topological polar surface area (TPSA) is 38.7 Å². The number of hydrogen-bond acceptors (Lipinski definition) is 3. The Bertz CT molecular complexity index is 385. The minimum absolute atomic E-state index is 0.229. The quantitative estimate of drug-likeness (QED) is 0.850. The van der Waals surface area contributed by atoms with Gasteiger partial charge < -0.3 is 14.6 Å². The summed E-state index contributed by atoms with van der Waals surface area (Å²) in [6.45, 7) is 5.64. The fourth-order valence-electron chi connectivity index (χ4n) is 2.04. The van der Waals surface area contributed by atoms with Crippen LogP contribution in [0, 0.1) is 13.8 Å². The van der Waals surface area contributed by atoms with Crippen LogP contribution in [0.5, 0.6) is 11.5 Å². The molecule has 0 radical (unpaired) electrons. The molecule has 1 aromatic carbocycles. The molecule has 1 aromatic rings. The first-order valence-electron chi connectivity index (χ1n) is 5.73. The Balaban J connectivity index is 2.36. The molecule has 0 aromatic heterocycles. The third-order valence-corrected chi connectivity index (χ3v) is 3.11. The molecule has 0 aliphatic carbocycles. The van der Waals surface area contributed by atoms with Crippen molar-refractivity contribution >= 4 is 0 Å². The summed E-state index contributed by atoms with van der Waals surface area (Å²) in [4.78, 5) is 0. The highest BCUT2D eigenvalue weighted by atomic mass is 16.6. The second-order valence-corrected chi connectivity index (χ2v) is 4.14. The normalized spacial score (nSPS) is 13.9. The van der Waals surface area contributed by atoms with E-state index in [0.717, 1.165) is 29.9 Å². The molecule has 1 N–H and O–H groups in total. The SMILES string of the molecule is Cc1c(CCCO)cc2c(c1C)OCCO2. The Morgan fingerprint density at radius 3 is 2.69 bits per heavy atom. The predicted octanol–water partition coefficient (Wildman–Crippen LogP) is 2.00. The van der Waals surface area contributed by atoms with Crippen molar-refractivity contribution in [1.29, 1.82) is 0 Å². The number of aliphatic hydroxyl groups is 1. The van der Waals surface area contributed by atoms with Crippen molar-refractivity contribution in [3.05, 3.63) is 22.8 Å². The molecule has 0 fully saturated rings. The molecule has 3 nitrogen and oxygen atoms in total. The highest BCUT2D eigenvalue weighted by Gasteiger charge is 2.17. The van der Waals surface area contributed by atoms with E-state index < -0.39 is 0 Å². The van der Waals surface area contributed by atoms with Crippen LogP contribution in [0.3, 0.4) is 0 Å². The van der Waals surface area contributed by atoms with Crippen molar-refractivity contribution in [2.45, 2.75) is 26.7 Å². The van der Waals surface area contributed by atoms with Gasteiger partial charge in [0, 0.05) is 6.61 Å². The molecule has 0 saturated heterocycles. The summed E-state index contributed by atoms with van der Waals surface area (Å²) in [5, 5.41) is 8.87. The number of benzene rings is 1. The molecule has 88 valence electrons. The number of aliphatic hydroxyl groups excluding tert-OH is 1. The van der Waals surface area contributed by atoms with Gasteiger partial charge in [0.2, 0.25) is 0 Å². The van der Waals surface area contributed by atoms with Crippen LogP contribution in [0.25, 0.3) is 0 Å². The van der Waals surface area contributed by atoms with Gasteiger partial charge in [-0.15, -0.1) is 0 Å². The van der Waals surface area contributed by atoms with Gasteiger partial charge in [0.1, 0.15) is 13.2 Å². The van der Waals surface area contributed by atoms with Gasteiger partial charge in [0.25, 0.3) is 0 Å². The molecule has 1 heterocycles. The molecule has 2 rings (SSSR count). The molecule has 0 saturated carbocycles. The highest BCUT2D eigenvalue weighted by molar-refractivity contribution is 5.54.